The molecule has 10 atom stereocenters. The van der Waals surface area contributed by atoms with Crippen LogP contribution in [0.1, 0.15) is 262 Å². The summed E-state index contributed by atoms with van der Waals surface area (Å²) >= 11 is 0. The molecular formula is C74H113N3. The molecule has 3 heteroatoms. The second-order valence-corrected chi connectivity index (χ2v) is 32.1. The predicted octanol–water partition coefficient (Wildman–Crippen LogP) is 20.0. The van der Waals surface area contributed by atoms with Crippen molar-refractivity contribution in [2.24, 2.45) is 69.0 Å². The Bertz CT molecular complexity index is 2370. The highest BCUT2D eigenvalue weighted by Gasteiger charge is 2.66. The van der Waals surface area contributed by atoms with Gasteiger partial charge in [-0.15, -0.1) is 0 Å². The summed E-state index contributed by atoms with van der Waals surface area (Å²) in [5.41, 5.74) is 9.74. The Morgan fingerprint density at radius 2 is 1.26 bits per heavy atom. The van der Waals surface area contributed by atoms with Gasteiger partial charge in [-0.2, -0.15) is 0 Å². The fraction of sp³-hybridized carbons (Fsp3) is 0.784. The van der Waals surface area contributed by atoms with Gasteiger partial charge in [0.1, 0.15) is 0 Å². The molecule has 10 unspecified atom stereocenters. The zero-order valence-electron chi connectivity index (χ0n) is 51.3. The standard InChI is InChI=1S/C74H113N3/c1-69(2,3)57-34-37-59(38-35-57)75(66-41-36-58(70(4,5)6)48-63(66)54-30-20-13-21-31-54)60-49-61(76-67-39-32-55(52-26-16-11-17-27-52)46-64(67)73(71(76,7)8)42-22-14-23-43-73)51-62(50-60)77-68-40-33-56(53-28-18-12-19-29-53)47-65(68)74(72(77,9)10)44-24-15-25-45-74/h13,20,32-34,37-39,48,50-55,57,60,63-68H,11-12,14-19,21-31,35-36,40-47,49H2,1-10H3. The molecule has 424 valence electrons. The minimum atomic E-state index is 0.0699. The number of hydrogen-bond donors (Lipinski definition) is 0. The monoisotopic (exact) mass is 1040 g/mol. The van der Waals surface area contributed by atoms with Gasteiger partial charge in [-0.05, 0) is 218 Å². The molecule has 6 fully saturated rings. The molecule has 0 radical (unpaired) electrons. The van der Waals surface area contributed by atoms with Crippen molar-refractivity contribution in [3.05, 3.63) is 95.1 Å². The van der Waals surface area contributed by atoms with Crippen molar-refractivity contribution in [1.82, 2.24) is 14.7 Å². The molecule has 12 rings (SSSR count). The molecule has 2 spiro atoms. The molecule has 0 aromatic rings. The second kappa shape index (κ2) is 21.3. The fourth-order valence-corrected chi connectivity index (χ4v) is 21.6. The van der Waals surface area contributed by atoms with Crippen LogP contribution in [0.2, 0.25) is 0 Å². The van der Waals surface area contributed by atoms with E-state index in [1.165, 1.54) is 185 Å². The first-order chi connectivity index (χ1) is 36.9. The van der Waals surface area contributed by atoms with E-state index in [2.05, 4.69) is 151 Å². The molecule has 0 amide bonds. The van der Waals surface area contributed by atoms with Gasteiger partial charge >= 0.3 is 0 Å². The van der Waals surface area contributed by atoms with Gasteiger partial charge in [-0.1, -0.05) is 178 Å². The molecule has 77 heavy (non-hydrogen) atoms. The molecule has 10 aliphatic carbocycles. The number of rotatable bonds is 8. The van der Waals surface area contributed by atoms with Crippen molar-refractivity contribution >= 4 is 0 Å². The van der Waals surface area contributed by atoms with Gasteiger partial charge in [0.25, 0.3) is 0 Å². The summed E-state index contributed by atoms with van der Waals surface area (Å²) in [4.78, 5) is 9.61. The van der Waals surface area contributed by atoms with Crippen LogP contribution in [0.25, 0.3) is 0 Å². The van der Waals surface area contributed by atoms with E-state index in [0.717, 1.165) is 42.4 Å². The lowest BCUT2D eigenvalue weighted by Gasteiger charge is -2.54. The first-order valence-corrected chi connectivity index (χ1v) is 33.8. The Morgan fingerprint density at radius 3 is 1.90 bits per heavy atom. The van der Waals surface area contributed by atoms with Crippen molar-refractivity contribution in [3.63, 3.8) is 0 Å². The van der Waals surface area contributed by atoms with Crippen LogP contribution in [0.3, 0.4) is 0 Å². The van der Waals surface area contributed by atoms with Crippen molar-refractivity contribution in [1.29, 1.82) is 0 Å². The number of fused-ring (bicyclic) bond motifs is 4. The molecule has 2 saturated heterocycles. The molecule has 12 aliphatic rings. The maximum absolute atomic E-state index is 3.22. The van der Waals surface area contributed by atoms with Crippen LogP contribution in [0.5, 0.6) is 0 Å². The summed E-state index contributed by atoms with van der Waals surface area (Å²) in [5.74, 6) is 5.77. The van der Waals surface area contributed by atoms with Gasteiger partial charge in [0.05, 0.1) is 12.1 Å². The third-order valence-electron chi connectivity index (χ3n) is 25.9. The van der Waals surface area contributed by atoms with E-state index in [-0.39, 0.29) is 27.9 Å². The highest BCUT2D eigenvalue weighted by atomic mass is 15.3. The summed E-state index contributed by atoms with van der Waals surface area (Å²) in [6, 6.07) is 1.81. The van der Waals surface area contributed by atoms with Gasteiger partial charge in [0, 0.05) is 52.6 Å². The van der Waals surface area contributed by atoms with Crippen molar-refractivity contribution in [2.75, 3.05) is 0 Å². The summed E-state index contributed by atoms with van der Waals surface area (Å²) < 4.78 is 0. The largest absolute Gasteiger partial charge is 0.362 e. The Kier molecular flexibility index (Phi) is 15.2. The second-order valence-electron chi connectivity index (χ2n) is 32.1. The van der Waals surface area contributed by atoms with Gasteiger partial charge in [-0.25, -0.2) is 0 Å². The van der Waals surface area contributed by atoms with Gasteiger partial charge in [0.15, 0.2) is 0 Å². The van der Waals surface area contributed by atoms with E-state index in [1.807, 2.05) is 5.57 Å². The molecule has 3 nitrogen and oxygen atoms in total. The molecular weight excluding hydrogens is 931 g/mol. The number of hydrogen-bond acceptors (Lipinski definition) is 3. The molecule has 0 aromatic heterocycles. The number of nitrogens with zero attached hydrogens (tertiary/aromatic N) is 3. The SMILES string of the molecule is CC(C)(C)C1=CC(C2CC=CCC2)C(N(C2=CCC(C(C)(C)C)C=C2)C2C=C(N3C4CC=C(C5CCCCC5)CC4C4(CCCCC4)C3(C)C)C=C(N3C4C=CC(C5CCCCC5)CC4C4(CCCCC4)C3(C)C)C2)CC1. The minimum absolute atomic E-state index is 0.0699. The van der Waals surface area contributed by atoms with Crippen LogP contribution in [0.4, 0.5) is 0 Å². The zero-order chi connectivity index (χ0) is 53.5. The predicted molar refractivity (Wildman–Crippen MR) is 327 cm³/mol. The summed E-state index contributed by atoms with van der Waals surface area (Å²) in [7, 11) is 0. The van der Waals surface area contributed by atoms with Crippen LogP contribution in [0, 0.1) is 69.0 Å². The maximum Gasteiger partial charge on any atom is 0.0553 e. The smallest absolute Gasteiger partial charge is 0.0553 e. The van der Waals surface area contributed by atoms with Crippen molar-refractivity contribution < 1.29 is 0 Å². The highest BCUT2D eigenvalue weighted by molar-refractivity contribution is 5.41. The van der Waals surface area contributed by atoms with Crippen molar-refractivity contribution in [3.8, 4) is 0 Å². The summed E-state index contributed by atoms with van der Waals surface area (Å²) in [5, 5.41) is 0. The quantitative estimate of drug-likeness (QED) is 0.224. The normalized spacial score (nSPS) is 37.2. The number of likely N-dealkylation sites (tertiary alicyclic amines) is 2. The van der Waals surface area contributed by atoms with Gasteiger partial charge < -0.3 is 14.7 Å². The lowest BCUT2D eigenvalue weighted by molar-refractivity contribution is 0.0169. The van der Waals surface area contributed by atoms with Crippen LogP contribution in [-0.4, -0.2) is 49.9 Å². The average molecular weight is 1040 g/mol. The van der Waals surface area contributed by atoms with Crippen LogP contribution in [-0.2, 0) is 0 Å². The Labute approximate surface area is 473 Å². The van der Waals surface area contributed by atoms with Gasteiger partial charge in [0.2, 0.25) is 0 Å². The van der Waals surface area contributed by atoms with Crippen LogP contribution < -0.4 is 0 Å². The minimum Gasteiger partial charge on any atom is -0.362 e. The van der Waals surface area contributed by atoms with E-state index >= 15 is 0 Å². The molecule has 2 heterocycles. The lowest BCUT2D eigenvalue weighted by atomic mass is 9.55. The first-order valence-electron chi connectivity index (χ1n) is 33.8. The highest BCUT2D eigenvalue weighted by Crippen LogP contribution is 2.67. The topological polar surface area (TPSA) is 9.72 Å². The number of allylic oxidation sites excluding steroid dienone is 9. The van der Waals surface area contributed by atoms with E-state index < -0.39 is 0 Å². The van der Waals surface area contributed by atoms with E-state index in [0.29, 0.717) is 46.7 Å². The fourth-order valence-electron chi connectivity index (χ4n) is 21.6. The van der Waals surface area contributed by atoms with E-state index in [4.69, 9.17) is 0 Å². The van der Waals surface area contributed by atoms with Crippen LogP contribution in [0.15, 0.2) is 95.1 Å². The lowest BCUT2D eigenvalue weighted by Crippen LogP contribution is -2.55. The van der Waals surface area contributed by atoms with Gasteiger partial charge in [-0.3, -0.25) is 0 Å². The third kappa shape index (κ3) is 9.68. The Morgan fingerprint density at radius 1 is 0.597 bits per heavy atom. The Balaban J connectivity index is 1.03. The molecule has 0 N–H and O–H groups in total. The maximum atomic E-state index is 3.22. The zero-order valence-corrected chi connectivity index (χ0v) is 51.3. The first kappa shape index (κ1) is 54.9. The van der Waals surface area contributed by atoms with E-state index in [9.17, 15) is 0 Å². The molecule has 4 saturated carbocycles. The van der Waals surface area contributed by atoms with Crippen molar-refractivity contribution in [2.45, 2.75) is 297 Å². The third-order valence-corrected chi connectivity index (χ3v) is 25.9. The molecule has 2 aliphatic heterocycles. The van der Waals surface area contributed by atoms with E-state index in [1.54, 1.807) is 17.0 Å². The molecule has 0 bridgehead atoms. The summed E-state index contributed by atoms with van der Waals surface area (Å²) in [6.07, 6.45) is 71.8. The summed E-state index contributed by atoms with van der Waals surface area (Å²) in [6.45, 7) is 26.1. The Hall–Kier alpha value is -2.68. The average Bonchev–Trinajstić information content (AvgIpc) is 3.74. The molecule has 0 aromatic carbocycles. The van der Waals surface area contributed by atoms with Crippen LogP contribution >= 0.6 is 0 Å².